The van der Waals surface area contributed by atoms with Crippen molar-refractivity contribution in [2.24, 2.45) is 0 Å². The van der Waals surface area contributed by atoms with E-state index < -0.39 is 0 Å². The summed E-state index contributed by atoms with van der Waals surface area (Å²) in [5, 5.41) is 14.8. The zero-order valence-electron chi connectivity index (χ0n) is 35.8. The molecule has 0 radical (unpaired) electrons. The monoisotopic (exact) mass is 799 g/mol. The fourth-order valence-electron chi connectivity index (χ4n) is 9.69. The third-order valence-electron chi connectivity index (χ3n) is 13.2. The maximum Gasteiger partial charge on any atom is 0.0579 e. The van der Waals surface area contributed by atoms with Crippen molar-refractivity contribution in [3.63, 3.8) is 0 Å². The number of fused-ring (bicyclic) bond motifs is 2. The first-order chi connectivity index (χ1) is 29.1. The van der Waals surface area contributed by atoms with Crippen LogP contribution in [0.25, 0.3) is 0 Å². The minimum absolute atomic E-state index is 0.448. The standard InChI is InChI=1S/C49H70N10/c1-39-10-13-47(53-33-39)36-58(22-5-20-56-25-16-50-17-26-56)24-14-46-31-42-12-11-40(30-45(42)35-54-46)29-43-9-4-15-52-49(43)38-59(23-6-21-57-27-18-51-19-28-57)37-48-32-41-7-2-3-8-44(41)34-55-48/h2-4,7-13,15,30,33,46,48,50-51,54-55H,5-6,14,16-29,31-32,34-38H2,1H3/t46-,48+/m0/s1. The Labute approximate surface area is 354 Å². The molecule has 8 rings (SSSR count). The largest absolute Gasteiger partial charge is 0.314 e. The van der Waals surface area contributed by atoms with E-state index in [2.05, 4.69) is 115 Å². The molecule has 2 aromatic heterocycles. The van der Waals surface area contributed by atoms with E-state index in [9.17, 15) is 0 Å². The van der Waals surface area contributed by atoms with Crippen molar-refractivity contribution in [3.05, 3.63) is 129 Å². The summed E-state index contributed by atoms with van der Waals surface area (Å²) in [6.45, 7) is 21.6. The van der Waals surface area contributed by atoms with Crippen LogP contribution >= 0.6 is 0 Å². The first-order valence-corrected chi connectivity index (χ1v) is 22.9. The van der Waals surface area contributed by atoms with Gasteiger partial charge in [0.2, 0.25) is 0 Å². The SMILES string of the molecule is Cc1ccc(CN(CCCN2CCNCC2)CC[C@H]2Cc3ccc(Cc4cccnc4CN(CCCN4CCNCC4)C[C@H]4Cc5ccccc5CN4)cc3CN2)nc1. The lowest BCUT2D eigenvalue weighted by Gasteiger charge is -2.33. The van der Waals surface area contributed by atoms with Crippen LogP contribution in [0.15, 0.2) is 79.1 Å². The van der Waals surface area contributed by atoms with E-state index in [1.54, 1.807) is 0 Å². The summed E-state index contributed by atoms with van der Waals surface area (Å²) in [5.74, 6) is 0. The van der Waals surface area contributed by atoms with Crippen LogP contribution in [0.1, 0.15) is 69.6 Å². The molecule has 0 unspecified atom stereocenters. The number of hydrogen-bond acceptors (Lipinski definition) is 10. The third kappa shape index (κ3) is 12.7. The van der Waals surface area contributed by atoms with Gasteiger partial charge in [-0.1, -0.05) is 54.6 Å². The predicted molar refractivity (Wildman–Crippen MR) is 241 cm³/mol. The van der Waals surface area contributed by atoms with Crippen LogP contribution in [-0.4, -0.2) is 133 Å². The Hall–Kier alpha value is -3.58. The highest BCUT2D eigenvalue weighted by atomic mass is 15.2. The molecule has 0 saturated carbocycles. The number of hydrogen-bond donors (Lipinski definition) is 4. The van der Waals surface area contributed by atoms with Crippen LogP contribution in [0.4, 0.5) is 0 Å². The fraction of sp³-hybridized carbons (Fsp3) is 0.551. The predicted octanol–water partition coefficient (Wildman–Crippen LogP) is 4.39. The highest BCUT2D eigenvalue weighted by molar-refractivity contribution is 5.38. The smallest absolute Gasteiger partial charge is 0.0579 e. The van der Waals surface area contributed by atoms with Crippen LogP contribution in [-0.2, 0) is 45.4 Å². The normalized spacial score (nSPS) is 20.2. The van der Waals surface area contributed by atoms with Gasteiger partial charge in [0, 0.05) is 116 Å². The second-order valence-electron chi connectivity index (χ2n) is 17.7. The van der Waals surface area contributed by atoms with Crippen molar-refractivity contribution >= 4 is 0 Å². The Kier molecular flexibility index (Phi) is 15.6. The van der Waals surface area contributed by atoms with E-state index in [4.69, 9.17) is 9.97 Å². The van der Waals surface area contributed by atoms with Crippen LogP contribution in [0, 0.1) is 6.92 Å². The van der Waals surface area contributed by atoms with Gasteiger partial charge in [-0.25, -0.2) is 0 Å². The summed E-state index contributed by atoms with van der Waals surface area (Å²) in [5.41, 5.74) is 12.3. The van der Waals surface area contributed by atoms with Gasteiger partial charge >= 0.3 is 0 Å². The average Bonchev–Trinajstić information content (AvgIpc) is 3.27. The molecule has 2 aromatic carbocycles. The second-order valence-corrected chi connectivity index (χ2v) is 17.7. The summed E-state index contributed by atoms with van der Waals surface area (Å²) in [4.78, 5) is 20.4. The zero-order chi connectivity index (χ0) is 40.1. The van der Waals surface area contributed by atoms with Crippen molar-refractivity contribution in [1.82, 2.24) is 50.8 Å². The highest BCUT2D eigenvalue weighted by Crippen LogP contribution is 2.24. The zero-order valence-corrected chi connectivity index (χ0v) is 35.8. The molecule has 0 aliphatic carbocycles. The third-order valence-corrected chi connectivity index (χ3v) is 13.2. The van der Waals surface area contributed by atoms with Gasteiger partial charge in [0.15, 0.2) is 0 Å². The van der Waals surface area contributed by atoms with Gasteiger partial charge in [-0.15, -0.1) is 0 Å². The lowest BCUT2D eigenvalue weighted by molar-refractivity contribution is 0.191. The number of pyridine rings is 2. The molecular weight excluding hydrogens is 729 g/mol. The van der Waals surface area contributed by atoms with Gasteiger partial charge in [-0.05, 0) is 123 Å². The molecule has 316 valence electrons. The molecule has 4 aliphatic heterocycles. The van der Waals surface area contributed by atoms with E-state index in [1.165, 1.54) is 89.4 Å². The lowest BCUT2D eigenvalue weighted by atomic mass is 9.91. The number of piperazine rings is 2. The molecule has 4 aromatic rings. The van der Waals surface area contributed by atoms with Crippen LogP contribution < -0.4 is 21.3 Å². The van der Waals surface area contributed by atoms with E-state index in [0.717, 1.165) is 117 Å². The number of nitrogens with zero attached hydrogens (tertiary/aromatic N) is 6. The molecule has 59 heavy (non-hydrogen) atoms. The van der Waals surface area contributed by atoms with Gasteiger partial charge < -0.3 is 31.1 Å². The summed E-state index contributed by atoms with van der Waals surface area (Å²) in [7, 11) is 0. The Morgan fingerprint density at radius 3 is 2.12 bits per heavy atom. The van der Waals surface area contributed by atoms with Gasteiger partial charge in [-0.2, -0.15) is 0 Å². The topological polar surface area (TPSA) is 86.9 Å². The van der Waals surface area contributed by atoms with Gasteiger partial charge in [0.05, 0.1) is 11.4 Å². The van der Waals surface area contributed by atoms with Crippen molar-refractivity contribution in [1.29, 1.82) is 0 Å². The molecule has 0 spiro atoms. The minimum Gasteiger partial charge on any atom is -0.314 e. The molecule has 4 aliphatic rings. The molecular formula is C49H70N10. The van der Waals surface area contributed by atoms with Gasteiger partial charge in [0.25, 0.3) is 0 Å². The number of nitrogens with one attached hydrogen (secondary N) is 4. The number of benzene rings is 2. The lowest BCUT2D eigenvalue weighted by Crippen LogP contribution is -2.46. The van der Waals surface area contributed by atoms with E-state index in [-0.39, 0.29) is 0 Å². The van der Waals surface area contributed by atoms with Crippen molar-refractivity contribution in [3.8, 4) is 0 Å². The maximum atomic E-state index is 5.04. The Morgan fingerprint density at radius 1 is 0.661 bits per heavy atom. The maximum absolute atomic E-state index is 5.04. The van der Waals surface area contributed by atoms with Crippen LogP contribution in [0.3, 0.4) is 0 Å². The van der Waals surface area contributed by atoms with Crippen molar-refractivity contribution in [2.75, 3.05) is 91.6 Å². The first-order valence-electron chi connectivity index (χ1n) is 22.9. The Morgan fingerprint density at radius 2 is 1.36 bits per heavy atom. The van der Waals surface area contributed by atoms with Crippen molar-refractivity contribution < 1.29 is 0 Å². The number of rotatable bonds is 19. The summed E-state index contributed by atoms with van der Waals surface area (Å²) in [6.07, 6.45) is 10.6. The summed E-state index contributed by atoms with van der Waals surface area (Å²) >= 11 is 0. The molecule has 10 heteroatoms. The quantitative estimate of drug-likeness (QED) is 0.110. The first kappa shape index (κ1) is 42.1. The van der Waals surface area contributed by atoms with E-state index in [1.807, 2.05) is 12.4 Å². The fourth-order valence-corrected chi connectivity index (χ4v) is 9.69. The summed E-state index contributed by atoms with van der Waals surface area (Å²) in [6, 6.07) is 26.0. The van der Waals surface area contributed by atoms with E-state index >= 15 is 0 Å². The average molecular weight is 799 g/mol. The second kappa shape index (κ2) is 21.8. The molecule has 10 nitrogen and oxygen atoms in total. The minimum atomic E-state index is 0.448. The van der Waals surface area contributed by atoms with Gasteiger partial charge in [-0.3, -0.25) is 19.8 Å². The van der Waals surface area contributed by atoms with Crippen molar-refractivity contribution in [2.45, 2.75) is 83.7 Å². The van der Waals surface area contributed by atoms with Crippen LogP contribution in [0.2, 0.25) is 0 Å². The molecule has 0 bridgehead atoms. The Balaban J connectivity index is 0.871. The molecule has 2 atom stereocenters. The number of aromatic nitrogens is 2. The summed E-state index contributed by atoms with van der Waals surface area (Å²) < 4.78 is 0. The Bertz CT molecular complexity index is 1870. The van der Waals surface area contributed by atoms with E-state index in [0.29, 0.717) is 12.1 Å². The molecule has 4 N–H and O–H groups in total. The molecule has 6 heterocycles. The number of aryl methyl sites for hydroxylation is 1. The molecule has 0 amide bonds. The van der Waals surface area contributed by atoms with Gasteiger partial charge in [0.1, 0.15) is 0 Å². The highest BCUT2D eigenvalue weighted by Gasteiger charge is 2.23. The molecule has 2 saturated heterocycles. The molecule has 2 fully saturated rings. The van der Waals surface area contributed by atoms with Crippen LogP contribution in [0.5, 0.6) is 0 Å².